The van der Waals surface area contributed by atoms with Crippen LogP contribution < -0.4 is 10.1 Å². The zero-order valence-corrected chi connectivity index (χ0v) is 12.3. The lowest BCUT2D eigenvalue weighted by Crippen LogP contribution is -2.30. The fourth-order valence-corrected chi connectivity index (χ4v) is 1.85. The maximum Gasteiger partial charge on any atom is 0.265 e. The maximum atomic E-state index is 13.1. The first-order valence-electron chi connectivity index (χ1n) is 6.76. The summed E-state index contributed by atoms with van der Waals surface area (Å²) in [6.07, 6.45) is -0.671. The van der Waals surface area contributed by atoms with Crippen LogP contribution in [0, 0.1) is 19.7 Å². The zero-order chi connectivity index (χ0) is 15.4. The number of benzene rings is 2. The lowest BCUT2D eigenvalue weighted by Gasteiger charge is -2.15. The second-order valence-corrected chi connectivity index (χ2v) is 5.01. The highest BCUT2D eigenvalue weighted by Gasteiger charge is 2.15. The standard InChI is InChI=1S/C17H18FNO2/c1-11-7-8-16(9-12(11)2)21-13(3)17(20)19-15-6-4-5-14(18)10-15/h4-10,13H,1-3H3,(H,19,20)/t13-/m1/s1. The molecule has 0 aliphatic carbocycles. The molecule has 2 aromatic rings. The van der Waals surface area contributed by atoms with Crippen LogP contribution in [0.5, 0.6) is 5.75 Å². The molecular formula is C17H18FNO2. The molecule has 0 bridgehead atoms. The van der Waals surface area contributed by atoms with Crippen molar-refractivity contribution >= 4 is 11.6 Å². The Morgan fingerprint density at radius 2 is 1.90 bits per heavy atom. The molecule has 110 valence electrons. The third-order valence-corrected chi connectivity index (χ3v) is 3.25. The topological polar surface area (TPSA) is 38.3 Å². The Hall–Kier alpha value is -2.36. The number of aryl methyl sites for hydroxylation is 2. The van der Waals surface area contributed by atoms with Gasteiger partial charge in [0, 0.05) is 5.69 Å². The van der Waals surface area contributed by atoms with Crippen molar-refractivity contribution in [1.82, 2.24) is 0 Å². The van der Waals surface area contributed by atoms with Gasteiger partial charge in [-0.2, -0.15) is 0 Å². The van der Waals surface area contributed by atoms with Gasteiger partial charge in [0.15, 0.2) is 6.10 Å². The van der Waals surface area contributed by atoms with Crippen molar-refractivity contribution in [3.63, 3.8) is 0 Å². The van der Waals surface area contributed by atoms with E-state index in [-0.39, 0.29) is 5.91 Å². The Bertz CT molecular complexity index is 655. The Labute approximate surface area is 123 Å². The first-order chi connectivity index (χ1) is 9.95. The van der Waals surface area contributed by atoms with Crippen LogP contribution >= 0.6 is 0 Å². The third kappa shape index (κ3) is 4.05. The molecule has 0 saturated heterocycles. The van der Waals surface area contributed by atoms with Crippen LogP contribution in [0.1, 0.15) is 18.1 Å². The van der Waals surface area contributed by atoms with E-state index in [2.05, 4.69) is 5.32 Å². The van der Waals surface area contributed by atoms with E-state index >= 15 is 0 Å². The lowest BCUT2D eigenvalue weighted by molar-refractivity contribution is -0.122. The van der Waals surface area contributed by atoms with Crippen molar-refractivity contribution in [2.24, 2.45) is 0 Å². The number of carbonyl (C=O) groups is 1. The summed E-state index contributed by atoms with van der Waals surface area (Å²) < 4.78 is 18.7. The van der Waals surface area contributed by atoms with Gasteiger partial charge in [0.25, 0.3) is 5.91 Å². The van der Waals surface area contributed by atoms with Crippen molar-refractivity contribution in [3.05, 3.63) is 59.4 Å². The molecule has 1 N–H and O–H groups in total. The number of nitrogens with one attached hydrogen (secondary N) is 1. The Kier molecular flexibility index (Phi) is 4.58. The van der Waals surface area contributed by atoms with Gasteiger partial charge in [-0.15, -0.1) is 0 Å². The molecule has 0 spiro atoms. The van der Waals surface area contributed by atoms with E-state index in [9.17, 15) is 9.18 Å². The van der Waals surface area contributed by atoms with E-state index in [1.165, 1.54) is 17.7 Å². The summed E-state index contributed by atoms with van der Waals surface area (Å²) in [5.74, 6) is -0.0747. The van der Waals surface area contributed by atoms with Crippen LogP contribution in [0.2, 0.25) is 0 Å². The molecule has 1 atom stereocenters. The maximum absolute atomic E-state index is 13.1. The molecule has 0 radical (unpaired) electrons. The van der Waals surface area contributed by atoms with Gasteiger partial charge in [0.1, 0.15) is 11.6 Å². The second-order valence-electron chi connectivity index (χ2n) is 5.01. The molecule has 0 heterocycles. The molecule has 3 nitrogen and oxygen atoms in total. The summed E-state index contributed by atoms with van der Waals surface area (Å²) in [5.41, 5.74) is 2.68. The van der Waals surface area contributed by atoms with Crippen molar-refractivity contribution in [1.29, 1.82) is 0 Å². The highest BCUT2D eigenvalue weighted by Crippen LogP contribution is 2.18. The monoisotopic (exact) mass is 287 g/mol. The highest BCUT2D eigenvalue weighted by molar-refractivity contribution is 5.94. The molecule has 4 heteroatoms. The van der Waals surface area contributed by atoms with Gasteiger partial charge in [-0.3, -0.25) is 4.79 Å². The van der Waals surface area contributed by atoms with E-state index in [0.29, 0.717) is 11.4 Å². The number of halogens is 1. The zero-order valence-electron chi connectivity index (χ0n) is 12.3. The fraction of sp³-hybridized carbons (Fsp3) is 0.235. The average molecular weight is 287 g/mol. The van der Waals surface area contributed by atoms with E-state index in [1.54, 1.807) is 19.1 Å². The molecule has 1 amide bonds. The average Bonchev–Trinajstić information content (AvgIpc) is 2.43. The van der Waals surface area contributed by atoms with Crippen molar-refractivity contribution in [3.8, 4) is 5.75 Å². The number of amides is 1. The van der Waals surface area contributed by atoms with Gasteiger partial charge < -0.3 is 10.1 Å². The van der Waals surface area contributed by atoms with Crippen LogP contribution in [0.15, 0.2) is 42.5 Å². The molecular weight excluding hydrogens is 269 g/mol. The number of hydrogen-bond donors (Lipinski definition) is 1. The molecule has 0 aromatic heterocycles. The number of ether oxygens (including phenoxy) is 1. The quantitative estimate of drug-likeness (QED) is 0.927. The summed E-state index contributed by atoms with van der Waals surface area (Å²) in [7, 11) is 0. The molecule has 0 unspecified atom stereocenters. The normalized spacial score (nSPS) is 11.8. The van der Waals surface area contributed by atoms with Crippen LogP contribution in [0.3, 0.4) is 0 Å². The summed E-state index contributed by atoms with van der Waals surface area (Å²) in [5, 5.41) is 2.62. The van der Waals surface area contributed by atoms with Crippen LogP contribution in [-0.4, -0.2) is 12.0 Å². The van der Waals surface area contributed by atoms with Crippen molar-refractivity contribution in [2.45, 2.75) is 26.9 Å². The summed E-state index contributed by atoms with van der Waals surface area (Å²) in [6, 6.07) is 11.4. The molecule has 0 fully saturated rings. The van der Waals surface area contributed by atoms with Gasteiger partial charge in [-0.1, -0.05) is 12.1 Å². The third-order valence-electron chi connectivity index (χ3n) is 3.25. The summed E-state index contributed by atoms with van der Waals surface area (Å²) in [6.45, 7) is 5.66. The van der Waals surface area contributed by atoms with Crippen LogP contribution in [0.25, 0.3) is 0 Å². The number of anilines is 1. The summed E-state index contributed by atoms with van der Waals surface area (Å²) >= 11 is 0. The largest absolute Gasteiger partial charge is 0.481 e. The lowest BCUT2D eigenvalue weighted by atomic mass is 10.1. The minimum Gasteiger partial charge on any atom is -0.481 e. The minimum atomic E-state index is -0.671. The summed E-state index contributed by atoms with van der Waals surface area (Å²) in [4.78, 5) is 12.0. The number of carbonyl (C=O) groups excluding carboxylic acids is 1. The molecule has 0 aliphatic rings. The first-order valence-corrected chi connectivity index (χ1v) is 6.76. The van der Waals surface area contributed by atoms with Gasteiger partial charge in [-0.25, -0.2) is 4.39 Å². The molecule has 0 aliphatic heterocycles. The molecule has 2 aromatic carbocycles. The van der Waals surface area contributed by atoms with E-state index in [0.717, 1.165) is 5.56 Å². The van der Waals surface area contributed by atoms with Crippen LogP contribution in [0.4, 0.5) is 10.1 Å². The Balaban J connectivity index is 2.00. The van der Waals surface area contributed by atoms with Crippen molar-refractivity contribution < 1.29 is 13.9 Å². The Morgan fingerprint density at radius 3 is 2.57 bits per heavy atom. The van der Waals surface area contributed by atoms with Crippen LogP contribution in [-0.2, 0) is 4.79 Å². The van der Waals surface area contributed by atoms with Gasteiger partial charge in [0.2, 0.25) is 0 Å². The van der Waals surface area contributed by atoms with E-state index in [1.807, 2.05) is 32.0 Å². The van der Waals surface area contributed by atoms with E-state index in [4.69, 9.17) is 4.74 Å². The number of hydrogen-bond acceptors (Lipinski definition) is 2. The van der Waals surface area contributed by atoms with Gasteiger partial charge in [-0.05, 0) is 62.2 Å². The Morgan fingerprint density at radius 1 is 1.14 bits per heavy atom. The minimum absolute atomic E-state index is 0.321. The first kappa shape index (κ1) is 15.0. The smallest absolute Gasteiger partial charge is 0.265 e. The van der Waals surface area contributed by atoms with E-state index < -0.39 is 11.9 Å². The molecule has 21 heavy (non-hydrogen) atoms. The molecule has 0 saturated carbocycles. The predicted octanol–water partition coefficient (Wildman–Crippen LogP) is 3.85. The van der Waals surface area contributed by atoms with Crippen molar-refractivity contribution in [2.75, 3.05) is 5.32 Å². The second kappa shape index (κ2) is 6.39. The highest BCUT2D eigenvalue weighted by atomic mass is 19.1. The predicted molar refractivity (Wildman–Crippen MR) is 81.0 cm³/mol. The van der Waals surface area contributed by atoms with Gasteiger partial charge in [0.05, 0.1) is 0 Å². The number of rotatable bonds is 4. The van der Waals surface area contributed by atoms with Gasteiger partial charge >= 0.3 is 0 Å². The molecule has 2 rings (SSSR count). The fourth-order valence-electron chi connectivity index (χ4n) is 1.85. The SMILES string of the molecule is Cc1ccc(O[C@H](C)C(=O)Nc2cccc(F)c2)cc1C.